The quantitative estimate of drug-likeness (QED) is 0.0516. The number of unbranched alkanes of at least 4 members (excludes halogenated alkanes) is 18. The molecule has 0 aliphatic heterocycles. The summed E-state index contributed by atoms with van der Waals surface area (Å²) in [4.78, 5) is 1.80. The van der Waals surface area contributed by atoms with E-state index in [9.17, 15) is 10.2 Å². The molecule has 0 saturated heterocycles. The monoisotopic (exact) mass is 588 g/mol. The van der Waals surface area contributed by atoms with Gasteiger partial charge in [-0.05, 0) is 31.1 Å². The van der Waals surface area contributed by atoms with E-state index in [1.807, 2.05) is 18.2 Å². The molecule has 40 heavy (non-hydrogen) atoms. The number of allylic oxidation sites excluding steroid dienone is 2. The molecule has 0 fully saturated rings. The number of hydrogen-bond donors (Lipinski definition) is 2. The molecule has 1 aromatic rings. The first-order chi connectivity index (χ1) is 19.5. The Morgan fingerprint density at radius 1 is 0.525 bits per heavy atom. The van der Waals surface area contributed by atoms with E-state index < -0.39 is 5.79 Å². The van der Waals surface area contributed by atoms with Crippen LogP contribution in [0.3, 0.4) is 0 Å². The highest BCUT2D eigenvalue weighted by molar-refractivity contribution is 8.78. The van der Waals surface area contributed by atoms with Crippen LogP contribution >= 0.6 is 21.6 Å². The third-order valence-corrected chi connectivity index (χ3v) is 10.9. The van der Waals surface area contributed by atoms with Gasteiger partial charge in [0, 0.05) is 10.3 Å². The second kappa shape index (κ2) is 21.9. The van der Waals surface area contributed by atoms with Crippen LogP contribution in [-0.2, 0) is 0 Å². The molecule has 0 amide bonds. The summed E-state index contributed by atoms with van der Waals surface area (Å²) in [5, 5.41) is 21.6. The molecule has 228 valence electrons. The summed E-state index contributed by atoms with van der Waals surface area (Å²) in [6.07, 6.45) is 35.1. The Bertz CT molecular complexity index is 778. The van der Waals surface area contributed by atoms with Crippen molar-refractivity contribution >= 4 is 21.6 Å². The Labute approximate surface area is 255 Å². The van der Waals surface area contributed by atoms with Crippen molar-refractivity contribution in [2.45, 2.75) is 166 Å². The highest BCUT2D eigenvalue weighted by atomic mass is 33.1. The summed E-state index contributed by atoms with van der Waals surface area (Å²) < 4.78 is 0. The van der Waals surface area contributed by atoms with Gasteiger partial charge < -0.3 is 10.2 Å². The van der Waals surface area contributed by atoms with Crippen LogP contribution in [0.15, 0.2) is 58.4 Å². The summed E-state index contributed by atoms with van der Waals surface area (Å²) in [7, 11) is 3.12. The van der Waals surface area contributed by atoms with Crippen LogP contribution in [0.25, 0.3) is 0 Å². The van der Waals surface area contributed by atoms with Crippen molar-refractivity contribution in [1.82, 2.24) is 0 Å². The highest BCUT2D eigenvalue weighted by Crippen LogP contribution is 2.48. The molecular formula is C36H60O2S2. The number of rotatable bonds is 25. The van der Waals surface area contributed by atoms with Gasteiger partial charge in [-0.3, -0.25) is 0 Å². The lowest BCUT2D eigenvalue weighted by Gasteiger charge is -2.36. The van der Waals surface area contributed by atoms with Crippen molar-refractivity contribution in [3.63, 3.8) is 0 Å². The van der Waals surface area contributed by atoms with Gasteiger partial charge in [-0.25, -0.2) is 0 Å². The Morgan fingerprint density at radius 3 is 1.40 bits per heavy atom. The van der Waals surface area contributed by atoms with E-state index in [1.54, 1.807) is 16.9 Å². The van der Waals surface area contributed by atoms with Gasteiger partial charge in [0.1, 0.15) is 0 Å². The first-order valence-electron chi connectivity index (χ1n) is 16.8. The van der Waals surface area contributed by atoms with Crippen LogP contribution in [-0.4, -0.2) is 16.0 Å². The van der Waals surface area contributed by atoms with Crippen LogP contribution in [0.4, 0.5) is 0 Å². The first-order valence-corrected chi connectivity index (χ1v) is 18.9. The van der Waals surface area contributed by atoms with Crippen LogP contribution < -0.4 is 0 Å². The van der Waals surface area contributed by atoms with E-state index in [2.05, 4.69) is 38.1 Å². The third kappa shape index (κ3) is 15.5. The van der Waals surface area contributed by atoms with E-state index in [4.69, 9.17) is 0 Å². The molecule has 0 radical (unpaired) electrons. The smallest absolute Gasteiger partial charge is 0.216 e. The van der Waals surface area contributed by atoms with Gasteiger partial charge in [0.15, 0.2) is 0 Å². The fourth-order valence-electron chi connectivity index (χ4n) is 5.75. The molecule has 4 heteroatoms. The fraction of sp³-hybridized carbons (Fsp3) is 0.722. The molecule has 1 aliphatic carbocycles. The summed E-state index contributed by atoms with van der Waals surface area (Å²) >= 11 is 0. The average Bonchev–Trinajstić information content (AvgIpc) is 2.96. The maximum absolute atomic E-state index is 10.8. The second-order valence-electron chi connectivity index (χ2n) is 12.1. The molecule has 0 spiro atoms. The van der Waals surface area contributed by atoms with Gasteiger partial charge in [-0.1, -0.05) is 194 Å². The van der Waals surface area contributed by atoms with Crippen molar-refractivity contribution < 1.29 is 10.2 Å². The van der Waals surface area contributed by atoms with Crippen molar-refractivity contribution in [2.24, 2.45) is 5.41 Å². The van der Waals surface area contributed by atoms with Gasteiger partial charge in [0.25, 0.3) is 0 Å². The van der Waals surface area contributed by atoms with Crippen molar-refractivity contribution in [3.8, 4) is 0 Å². The fourth-order valence-corrected chi connectivity index (χ4v) is 8.08. The number of hydrogen-bond acceptors (Lipinski definition) is 4. The Morgan fingerprint density at radius 2 is 0.950 bits per heavy atom. The van der Waals surface area contributed by atoms with E-state index in [-0.39, 0.29) is 5.41 Å². The largest absolute Gasteiger partial charge is 0.358 e. The predicted octanol–water partition coefficient (Wildman–Crippen LogP) is 12.2. The maximum Gasteiger partial charge on any atom is 0.216 e. The van der Waals surface area contributed by atoms with Crippen LogP contribution in [0, 0.1) is 5.41 Å². The lowest BCUT2D eigenvalue weighted by molar-refractivity contribution is -0.0804. The van der Waals surface area contributed by atoms with E-state index in [0.29, 0.717) is 4.91 Å². The summed E-state index contributed by atoms with van der Waals surface area (Å²) in [5.74, 6) is -1.87. The minimum atomic E-state index is -1.87. The lowest BCUT2D eigenvalue weighted by Crippen LogP contribution is -2.33. The lowest BCUT2D eigenvalue weighted by atomic mass is 9.74. The molecule has 0 heterocycles. The molecular weight excluding hydrogens is 529 g/mol. The van der Waals surface area contributed by atoms with Crippen molar-refractivity contribution in [2.75, 3.05) is 0 Å². The standard InChI is InChI=1S/C36H60O2S2/c1-3-5-7-9-11-13-15-17-19-24-28-35(29-25-20-18-16-14-12-10-8-6-4-2)30-31-36(37,38)34(32-35)40-39-33-26-22-21-23-27-33/h21-23,26-27,30-32,37-38H,3-20,24-25,28-29H2,1-2H3. The van der Waals surface area contributed by atoms with Crippen LogP contribution in [0.2, 0.25) is 0 Å². The molecule has 0 unspecified atom stereocenters. The molecule has 0 saturated carbocycles. The minimum absolute atomic E-state index is 0.0607. The van der Waals surface area contributed by atoms with Gasteiger partial charge in [0.2, 0.25) is 5.79 Å². The molecule has 0 bridgehead atoms. The average molecular weight is 589 g/mol. The van der Waals surface area contributed by atoms with Gasteiger partial charge >= 0.3 is 0 Å². The van der Waals surface area contributed by atoms with Crippen LogP contribution in [0.1, 0.15) is 155 Å². The van der Waals surface area contributed by atoms with Gasteiger partial charge in [-0.15, -0.1) is 0 Å². The molecule has 1 aromatic carbocycles. The van der Waals surface area contributed by atoms with Gasteiger partial charge in [-0.2, -0.15) is 0 Å². The molecule has 2 N–H and O–H groups in total. The topological polar surface area (TPSA) is 40.5 Å². The van der Waals surface area contributed by atoms with Crippen LogP contribution in [0.5, 0.6) is 0 Å². The Kier molecular flexibility index (Phi) is 19.5. The zero-order valence-electron chi connectivity index (χ0n) is 25.9. The summed E-state index contributed by atoms with van der Waals surface area (Å²) in [6.45, 7) is 4.57. The molecule has 0 aromatic heterocycles. The summed E-state index contributed by atoms with van der Waals surface area (Å²) in [5.41, 5.74) is -0.0607. The number of aliphatic hydroxyl groups is 2. The van der Waals surface area contributed by atoms with Crippen molar-refractivity contribution in [1.29, 1.82) is 0 Å². The van der Waals surface area contributed by atoms with Gasteiger partial charge in [0.05, 0.1) is 4.91 Å². The normalized spacial score (nSPS) is 15.8. The maximum atomic E-state index is 10.8. The Hall–Kier alpha value is -0.680. The Balaban J connectivity index is 1.86. The van der Waals surface area contributed by atoms with E-state index in [1.165, 1.54) is 139 Å². The molecule has 2 nitrogen and oxygen atoms in total. The molecule has 1 aliphatic rings. The molecule has 2 rings (SSSR count). The highest BCUT2D eigenvalue weighted by Gasteiger charge is 2.37. The minimum Gasteiger partial charge on any atom is -0.358 e. The zero-order valence-corrected chi connectivity index (χ0v) is 27.5. The second-order valence-corrected chi connectivity index (χ2v) is 14.4. The first kappa shape index (κ1) is 35.5. The summed E-state index contributed by atoms with van der Waals surface area (Å²) in [6, 6.07) is 10.2. The third-order valence-electron chi connectivity index (χ3n) is 8.39. The van der Waals surface area contributed by atoms with Crippen molar-refractivity contribution in [3.05, 3.63) is 53.5 Å². The SMILES string of the molecule is CCCCCCCCCCCCC1(CCCCCCCCCCCC)C=CC(O)(O)C(SSc2ccccc2)=C1. The number of benzene rings is 1. The molecule has 0 atom stereocenters. The predicted molar refractivity (Wildman–Crippen MR) is 180 cm³/mol. The van der Waals surface area contributed by atoms with E-state index >= 15 is 0 Å². The zero-order chi connectivity index (χ0) is 28.8. The van der Waals surface area contributed by atoms with E-state index in [0.717, 1.165) is 17.7 Å².